The Bertz CT molecular complexity index is 3740. The van der Waals surface area contributed by atoms with Gasteiger partial charge in [0.15, 0.2) is 0 Å². The van der Waals surface area contributed by atoms with Crippen molar-refractivity contribution in [2.24, 2.45) is 0 Å². The standard InChI is InChI=1S/C65H57BN2O/c1-61(2)30-31-62(3,4)49-34-38(28-29-46(49)61)68-54-37-51-50(63(5,6)32-33-64(51,7)8)35-42(54)43-36-56-57(41-20-11-16-27-55(41)69-56)60-58(43)66(68)52-25-17-24-48-59(52)67(60)53-26-15-14-23-47(53)65(48)44-21-12-9-18-39(44)40-19-10-13-22-45(40)65/h9-29,34-37H,30-33H2,1-8H3. The summed E-state index contributed by atoms with van der Waals surface area (Å²) in [5.74, 6) is 0. The predicted octanol–water partition coefficient (Wildman–Crippen LogP) is 15.7. The van der Waals surface area contributed by atoms with E-state index in [-0.39, 0.29) is 28.5 Å². The third-order valence-electron chi connectivity index (χ3n) is 18.6. The molecule has 0 radical (unpaired) electrons. The molecular formula is C65H57BN2O. The van der Waals surface area contributed by atoms with E-state index in [1.165, 1.54) is 118 Å². The maximum absolute atomic E-state index is 7.10. The number of fused-ring (bicyclic) bond motifs is 19. The second kappa shape index (κ2) is 12.9. The number of nitrogens with zero attached hydrogens (tertiary/aromatic N) is 2. The number of rotatable bonds is 1. The van der Waals surface area contributed by atoms with E-state index in [1.807, 2.05) is 0 Å². The van der Waals surface area contributed by atoms with Crippen molar-refractivity contribution in [3.05, 3.63) is 196 Å². The van der Waals surface area contributed by atoms with Crippen LogP contribution in [0.15, 0.2) is 156 Å². The maximum atomic E-state index is 7.10. The van der Waals surface area contributed by atoms with Crippen LogP contribution in [-0.2, 0) is 27.1 Å². The monoisotopic (exact) mass is 892 g/mol. The zero-order valence-corrected chi connectivity index (χ0v) is 41.1. The van der Waals surface area contributed by atoms with Crippen LogP contribution in [0.3, 0.4) is 0 Å². The average Bonchev–Trinajstić information content (AvgIpc) is 3.87. The quantitative estimate of drug-likeness (QED) is 0.153. The Morgan fingerprint density at radius 2 is 1.00 bits per heavy atom. The van der Waals surface area contributed by atoms with Gasteiger partial charge in [0.1, 0.15) is 11.2 Å². The minimum absolute atomic E-state index is 0.0240. The zero-order chi connectivity index (χ0) is 46.7. The molecule has 9 aromatic rings. The van der Waals surface area contributed by atoms with Gasteiger partial charge in [0, 0.05) is 28.0 Å². The van der Waals surface area contributed by atoms with Gasteiger partial charge in [0.05, 0.1) is 22.2 Å². The van der Waals surface area contributed by atoms with E-state index in [0.29, 0.717) is 0 Å². The molecule has 3 aliphatic heterocycles. The highest BCUT2D eigenvalue weighted by molar-refractivity contribution is 6.94. The Kier molecular flexibility index (Phi) is 7.50. The van der Waals surface area contributed by atoms with Gasteiger partial charge in [-0.05, 0) is 162 Å². The first-order valence-electron chi connectivity index (χ1n) is 25.5. The Morgan fingerprint density at radius 1 is 0.420 bits per heavy atom. The molecule has 69 heavy (non-hydrogen) atoms. The van der Waals surface area contributed by atoms with Crippen LogP contribution in [0, 0.1) is 0 Å². The molecular weight excluding hydrogens is 836 g/mol. The van der Waals surface area contributed by atoms with Crippen molar-refractivity contribution >= 4 is 68.1 Å². The summed E-state index contributed by atoms with van der Waals surface area (Å²) in [7, 11) is 0. The van der Waals surface area contributed by atoms with E-state index in [0.717, 1.165) is 35.8 Å². The van der Waals surface area contributed by atoms with Crippen molar-refractivity contribution < 1.29 is 4.42 Å². The molecule has 0 saturated carbocycles. The lowest BCUT2D eigenvalue weighted by Crippen LogP contribution is -2.63. The Hall–Kier alpha value is -6.78. The lowest BCUT2D eigenvalue weighted by molar-refractivity contribution is 0.332. The second-order valence-electron chi connectivity index (χ2n) is 24.0. The summed E-state index contributed by atoms with van der Waals surface area (Å²) in [6.45, 7) is 19.6. The fourth-order valence-electron chi connectivity index (χ4n) is 14.8. The topological polar surface area (TPSA) is 19.6 Å². The van der Waals surface area contributed by atoms with Crippen molar-refractivity contribution in [1.29, 1.82) is 0 Å². The van der Waals surface area contributed by atoms with Crippen LogP contribution < -0.4 is 20.6 Å². The van der Waals surface area contributed by atoms with Crippen LogP contribution in [0.5, 0.6) is 0 Å². The first-order chi connectivity index (χ1) is 33.2. The van der Waals surface area contributed by atoms with Gasteiger partial charge < -0.3 is 14.1 Å². The second-order valence-corrected chi connectivity index (χ2v) is 24.0. The van der Waals surface area contributed by atoms with E-state index >= 15 is 0 Å². The SMILES string of the molecule is CC1(C)CCC(C)(C)c2cc(N3B4c5cccc6c5N(c5ccccc5C65c6ccccc6-c6ccccc65)c5c4c(cc4oc6ccccc6c54)-c4cc5c(cc43)C(C)(C)CCC5(C)C)ccc21. The van der Waals surface area contributed by atoms with E-state index in [9.17, 15) is 0 Å². The predicted molar refractivity (Wildman–Crippen MR) is 289 cm³/mol. The normalized spacial score (nSPS) is 19.3. The summed E-state index contributed by atoms with van der Waals surface area (Å²) in [6.07, 6.45) is 4.66. The minimum Gasteiger partial charge on any atom is -0.456 e. The van der Waals surface area contributed by atoms with Gasteiger partial charge in [0.25, 0.3) is 0 Å². The van der Waals surface area contributed by atoms with Crippen molar-refractivity contribution in [3.8, 4) is 22.3 Å². The lowest BCUT2D eigenvalue weighted by atomic mass is 9.42. The number of para-hydroxylation sites is 3. The van der Waals surface area contributed by atoms with Gasteiger partial charge in [-0.3, -0.25) is 0 Å². The van der Waals surface area contributed by atoms with Crippen molar-refractivity contribution in [1.82, 2.24) is 0 Å². The molecule has 0 N–H and O–H groups in total. The molecule has 3 aliphatic carbocycles. The first-order valence-corrected chi connectivity index (χ1v) is 25.5. The molecule has 0 saturated heterocycles. The van der Waals surface area contributed by atoms with Gasteiger partial charge in [0.2, 0.25) is 0 Å². The molecule has 0 unspecified atom stereocenters. The van der Waals surface area contributed by atoms with Crippen molar-refractivity contribution in [3.63, 3.8) is 0 Å². The van der Waals surface area contributed by atoms with Crippen LogP contribution in [0.25, 0.3) is 44.2 Å². The minimum atomic E-state index is -0.536. The Morgan fingerprint density at radius 3 is 1.71 bits per heavy atom. The number of anilines is 5. The molecule has 4 heterocycles. The largest absolute Gasteiger partial charge is 0.456 e. The van der Waals surface area contributed by atoms with E-state index in [4.69, 9.17) is 4.42 Å². The lowest BCUT2D eigenvalue weighted by Gasteiger charge is -2.52. The average molecular weight is 893 g/mol. The van der Waals surface area contributed by atoms with Gasteiger partial charge in [-0.2, -0.15) is 0 Å². The molecule has 4 heteroatoms. The molecule has 15 rings (SSSR count). The fraction of sp³-hybridized carbons (Fsp3) is 0.262. The number of benzene rings is 8. The van der Waals surface area contributed by atoms with E-state index in [2.05, 4.69) is 217 Å². The molecule has 0 fully saturated rings. The van der Waals surface area contributed by atoms with Crippen LogP contribution in [0.4, 0.5) is 28.4 Å². The van der Waals surface area contributed by atoms with Crippen LogP contribution in [-0.4, -0.2) is 6.85 Å². The summed E-state index contributed by atoms with van der Waals surface area (Å²) in [5, 5.41) is 2.34. The van der Waals surface area contributed by atoms with Crippen LogP contribution >= 0.6 is 0 Å². The third-order valence-corrected chi connectivity index (χ3v) is 18.6. The molecule has 0 amide bonds. The van der Waals surface area contributed by atoms with Crippen molar-refractivity contribution in [2.75, 3.05) is 9.71 Å². The summed E-state index contributed by atoms with van der Waals surface area (Å²) in [5.41, 5.74) is 27.0. The molecule has 1 spiro atoms. The van der Waals surface area contributed by atoms with Crippen LogP contribution in [0.1, 0.15) is 126 Å². The van der Waals surface area contributed by atoms with Gasteiger partial charge in [-0.25, -0.2) is 0 Å². The smallest absolute Gasteiger partial charge is 0.333 e. The summed E-state index contributed by atoms with van der Waals surface area (Å²) >= 11 is 0. The van der Waals surface area contributed by atoms with Gasteiger partial charge >= 0.3 is 6.85 Å². The maximum Gasteiger partial charge on any atom is 0.333 e. The molecule has 1 aromatic heterocycles. The van der Waals surface area contributed by atoms with Gasteiger partial charge in [-0.15, -0.1) is 0 Å². The molecule has 8 aromatic carbocycles. The number of hydrogen-bond acceptors (Lipinski definition) is 3. The summed E-state index contributed by atoms with van der Waals surface area (Å²) < 4.78 is 7.10. The van der Waals surface area contributed by atoms with E-state index < -0.39 is 5.41 Å². The van der Waals surface area contributed by atoms with Gasteiger partial charge in [-0.1, -0.05) is 165 Å². The van der Waals surface area contributed by atoms with E-state index in [1.54, 1.807) is 0 Å². The highest BCUT2D eigenvalue weighted by atomic mass is 16.3. The summed E-state index contributed by atoms with van der Waals surface area (Å²) in [4.78, 5) is 5.50. The highest BCUT2D eigenvalue weighted by Gasteiger charge is 2.57. The van der Waals surface area contributed by atoms with Crippen molar-refractivity contribution in [2.45, 2.75) is 108 Å². The summed E-state index contributed by atoms with van der Waals surface area (Å²) in [6, 6.07) is 59.2. The Labute approximate surface area is 406 Å². The Balaban J connectivity index is 1.14. The number of hydrogen-bond donors (Lipinski definition) is 0. The molecule has 0 atom stereocenters. The number of furan rings is 1. The fourth-order valence-corrected chi connectivity index (χ4v) is 14.8. The zero-order valence-electron chi connectivity index (χ0n) is 41.1. The molecule has 6 aliphatic rings. The first kappa shape index (κ1) is 40.1. The molecule has 0 bridgehead atoms. The highest BCUT2D eigenvalue weighted by Crippen LogP contribution is 2.65. The van der Waals surface area contributed by atoms with Crippen LogP contribution in [0.2, 0.25) is 0 Å². The molecule has 3 nitrogen and oxygen atoms in total. The third kappa shape index (κ3) is 4.86. The molecule has 336 valence electrons.